The van der Waals surface area contributed by atoms with Crippen molar-refractivity contribution in [3.8, 4) is 5.75 Å². The van der Waals surface area contributed by atoms with E-state index in [1.54, 1.807) is 7.11 Å². The first-order valence-corrected chi connectivity index (χ1v) is 7.82. The van der Waals surface area contributed by atoms with Crippen LogP contribution in [0.5, 0.6) is 5.75 Å². The Morgan fingerprint density at radius 1 is 1.37 bits per heavy atom. The van der Waals surface area contributed by atoms with Crippen molar-refractivity contribution in [2.75, 3.05) is 26.0 Å². The number of hydrogen-bond donors (Lipinski definition) is 0. The number of nitrogens with zero attached hydrogens (tertiary/aromatic N) is 1. The van der Waals surface area contributed by atoms with Gasteiger partial charge < -0.3 is 9.64 Å². The third-order valence-corrected chi connectivity index (χ3v) is 4.81. The van der Waals surface area contributed by atoms with E-state index in [1.807, 2.05) is 35.7 Å². The molecule has 4 heteroatoms. The highest BCUT2D eigenvalue weighted by atomic mass is 32.2. The minimum absolute atomic E-state index is 0.274. The van der Waals surface area contributed by atoms with E-state index in [2.05, 4.69) is 12.1 Å². The molecule has 0 aliphatic carbocycles. The second-order valence-corrected chi connectivity index (χ2v) is 5.97. The summed E-state index contributed by atoms with van der Waals surface area (Å²) in [7, 11) is 1.68. The largest absolute Gasteiger partial charge is 0.497 e. The Bertz CT molecular complexity index is 419. The van der Waals surface area contributed by atoms with Gasteiger partial charge >= 0.3 is 0 Å². The summed E-state index contributed by atoms with van der Waals surface area (Å²) in [5.74, 6) is 2.18. The molecule has 19 heavy (non-hydrogen) atoms. The quantitative estimate of drug-likeness (QED) is 0.851. The Hall–Kier alpha value is -1.16. The smallest absolute Gasteiger partial charge is 0.222 e. The zero-order valence-corrected chi connectivity index (χ0v) is 12.4. The summed E-state index contributed by atoms with van der Waals surface area (Å²) in [6.45, 7) is 3.68. The van der Waals surface area contributed by atoms with Crippen LogP contribution in [0.4, 0.5) is 0 Å². The van der Waals surface area contributed by atoms with Gasteiger partial charge in [-0.15, -0.1) is 0 Å². The van der Waals surface area contributed by atoms with Gasteiger partial charge in [0.1, 0.15) is 5.75 Å². The fourth-order valence-corrected chi connectivity index (χ4v) is 3.56. The molecule has 1 aromatic rings. The maximum absolute atomic E-state index is 11.7. The highest BCUT2D eigenvalue weighted by molar-refractivity contribution is 7.99. The van der Waals surface area contributed by atoms with Crippen LogP contribution in [0.15, 0.2) is 24.3 Å². The molecule has 0 N–H and O–H groups in total. The minimum atomic E-state index is 0.274. The van der Waals surface area contributed by atoms with Crippen molar-refractivity contribution < 1.29 is 9.53 Å². The molecule has 1 heterocycles. The van der Waals surface area contributed by atoms with E-state index in [-0.39, 0.29) is 5.91 Å². The van der Waals surface area contributed by atoms with Gasteiger partial charge in [0, 0.05) is 30.5 Å². The Balaban J connectivity index is 2.00. The molecule has 0 aromatic heterocycles. The molecule has 1 unspecified atom stereocenters. The van der Waals surface area contributed by atoms with Crippen molar-refractivity contribution in [3.63, 3.8) is 0 Å². The summed E-state index contributed by atoms with van der Waals surface area (Å²) in [5, 5.41) is 0.487. The van der Waals surface area contributed by atoms with E-state index in [9.17, 15) is 4.79 Å². The van der Waals surface area contributed by atoms with Gasteiger partial charge in [0.2, 0.25) is 5.91 Å². The highest BCUT2D eigenvalue weighted by Gasteiger charge is 2.21. The molecule has 1 aromatic carbocycles. The number of rotatable bonds is 3. The second-order valence-electron chi connectivity index (χ2n) is 4.66. The molecule has 1 fully saturated rings. The standard InChI is InChI=1S/C15H21NO2S/c1-3-15(17)16-9-8-14(19-11-10-16)12-4-6-13(18-2)7-5-12/h4-7,14H,3,8-11H2,1-2H3. The topological polar surface area (TPSA) is 29.5 Å². The first kappa shape index (κ1) is 14.3. The van der Waals surface area contributed by atoms with Crippen molar-refractivity contribution in [1.29, 1.82) is 0 Å². The van der Waals surface area contributed by atoms with Crippen molar-refractivity contribution in [2.24, 2.45) is 0 Å². The van der Waals surface area contributed by atoms with E-state index in [1.165, 1.54) is 5.56 Å². The molecule has 1 aliphatic rings. The van der Waals surface area contributed by atoms with Gasteiger partial charge in [0.25, 0.3) is 0 Å². The molecule has 0 bridgehead atoms. The fourth-order valence-electron chi connectivity index (χ4n) is 2.33. The first-order chi connectivity index (χ1) is 9.24. The summed E-state index contributed by atoms with van der Waals surface area (Å²) < 4.78 is 5.18. The molecular formula is C15H21NO2S. The van der Waals surface area contributed by atoms with Gasteiger partial charge in [-0.05, 0) is 24.1 Å². The van der Waals surface area contributed by atoms with Crippen molar-refractivity contribution in [1.82, 2.24) is 4.90 Å². The lowest BCUT2D eigenvalue weighted by atomic mass is 10.1. The van der Waals surface area contributed by atoms with Crippen LogP contribution in [0.2, 0.25) is 0 Å². The van der Waals surface area contributed by atoms with Crippen LogP contribution in [-0.2, 0) is 4.79 Å². The maximum Gasteiger partial charge on any atom is 0.222 e. The molecule has 0 radical (unpaired) electrons. The monoisotopic (exact) mass is 279 g/mol. The fraction of sp³-hybridized carbons (Fsp3) is 0.533. The van der Waals surface area contributed by atoms with Gasteiger partial charge in [-0.25, -0.2) is 0 Å². The number of ether oxygens (including phenoxy) is 1. The molecular weight excluding hydrogens is 258 g/mol. The van der Waals surface area contributed by atoms with Crippen molar-refractivity contribution in [3.05, 3.63) is 29.8 Å². The molecule has 1 atom stereocenters. The van der Waals surface area contributed by atoms with Crippen molar-refractivity contribution in [2.45, 2.75) is 25.0 Å². The third kappa shape index (κ3) is 3.66. The van der Waals surface area contributed by atoms with E-state index in [0.29, 0.717) is 11.7 Å². The van der Waals surface area contributed by atoms with Crippen LogP contribution in [-0.4, -0.2) is 36.8 Å². The minimum Gasteiger partial charge on any atom is -0.497 e. The molecule has 1 amide bonds. The van der Waals surface area contributed by atoms with Crippen LogP contribution in [0, 0.1) is 0 Å². The van der Waals surface area contributed by atoms with Gasteiger partial charge in [-0.3, -0.25) is 4.79 Å². The zero-order valence-electron chi connectivity index (χ0n) is 11.6. The predicted molar refractivity (Wildman–Crippen MR) is 79.7 cm³/mol. The number of methoxy groups -OCH3 is 1. The van der Waals surface area contributed by atoms with Crippen LogP contribution in [0.1, 0.15) is 30.6 Å². The number of hydrogen-bond acceptors (Lipinski definition) is 3. The molecule has 0 spiro atoms. The van der Waals surface area contributed by atoms with E-state index in [4.69, 9.17) is 4.74 Å². The maximum atomic E-state index is 11.7. The summed E-state index contributed by atoms with van der Waals surface area (Å²) in [5.41, 5.74) is 1.33. The van der Waals surface area contributed by atoms with E-state index >= 15 is 0 Å². The number of amides is 1. The molecule has 1 saturated heterocycles. The summed E-state index contributed by atoms with van der Waals surface area (Å²) >= 11 is 1.95. The number of carbonyl (C=O) groups is 1. The number of carbonyl (C=O) groups excluding carboxylic acids is 1. The van der Waals surface area contributed by atoms with Crippen LogP contribution < -0.4 is 4.74 Å². The summed E-state index contributed by atoms with van der Waals surface area (Å²) in [6, 6.07) is 8.28. The molecule has 104 valence electrons. The lowest BCUT2D eigenvalue weighted by molar-refractivity contribution is -0.130. The van der Waals surface area contributed by atoms with Crippen molar-refractivity contribution >= 4 is 17.7 Å². The normalized spacial score (nSPS) is 19.9. The molecule has 1 aliphatic heterocycles. The summed E-state index contributed by atoms with van der Waals surface area (Å²) in [6.07, 6.45) is 1.64. The van der Waals surface area contributed by atoms with Gasteiger partial charge in [0.15, 0.2) is 0 Å². The zero-order chi connectivity index (χ0) is 13.7. The second kappa shape index (κ2) is 6.85. The number of thioether (sulfide) groups is 1. The first-order valence-electron chi connectivity index (χ1n) is 6.78. The molecule has 2 rings (SSSR count). The summed E-state index contributed by atoms with van der Waals surface area (Å²) in [4.78, 5) is 13.7. The Morgan fingerprint density at radius 3 is 2.74 bits per heavy atom. The predicted octanol–water partition coefficient (Wildman–Crippen LogP) is 3.11. The lowest BCUT2D eigenvalue weighted by Gasteiger charge is -2.19. The average molecular weight is 279 g/mol. The highest BCUT2D eigenvalue weighted by Crippen LogP contribution is 2.35. The van der Waals surface area contributed by atoms with Crippen LogP contribution in [0.25, 0.3) is 0 Å². The van der Waals surface area contributed by atoms with E-state index < -0.39 is 0 Å². The number of benzene rings is 1. The average Bonchev–Trinajstić information content (AvgIpc) is 2.72. The lowest BCUT2D eigenvalue weighted by Crippen LogP contribution is -2.32. The van der Waals surface area contributed by atoms with Crippen LogP contribution >= 0.6 is 11.8 Å². The van der Waals surface area contributed by atoms with Crippen LogP contribution in [0.3, 0.4) is 0 Å². The van der Waals surface area contributed by atoms with E-state index in [0.717, 1.165) is 31.0 Å². The van der Waals surface area contributed by atoms with Gasteiger partial charge in [-0.2, -0.15) is 11.8 Å². The Kier molecular flexibility index (Phi) is 5.14. The molecule has 3 nitrogen and oxygen atoms in total. The Labute approximate surface area is 119 Å². The third-order valence-electron chi connectivity index (χ3n) is 3.48. The van der Waals surface area contributed by atoms with Gasteiger partial charge in [-0.1, -0.05) is 19.1 Å². The SMILES string of the molecule is CCC(=O)N1CCSC(c2ccc(OC)cc2)CC1. The van der Waals surface area contributed by atoms with Gasteiger partial charge in [0.05, 0.1) is 7.11 Å². The Morgan fingerprint density at radius 2 is 2.11 bits per heavy atom. The molecule has 0 saturated carbocycles.